The molecule has 0 aliphatic carbocycles. The topological polar surface area (TPSA) is 0 Å². The van der Waals surface area contributed by atoms with Crippen LogP contribution in [0.15, 0.2) is 0 Å². The van der Waals surface area contributed by atoms with Crippen molar-refractivity contribution < 1.29 is 44.6 Å². The number of alkyl halides is 6. The van der Waals surface area contributed by atoms with E-state index in [0.29, 0.717) is 18.3 Å². The molecule has 0 aliphatic rings. The molecule has 0 aromatic carbocycles. The van der Waals surface area contributed by atoms with Crippen LogP contribution in [0.4, 0.5) is 26.3 Å². The first-order valence-electron chi connectivity index (χ1n) is 3.12. The van der Waals surface area contributed by atoms with Crippen LogP contribution in [0.5, 0.6) is 0 Å². The zero-order chi connectivity index (χ0) is 9.99. The van der Waals surface area contributed by atoms with Crippen molar-refractivity contribution in [1.82, 2.24) is 0 Å². The van der Waals surface area contributed by atoms with Crippen molar-refractivity contribution in [3.8, 4) is 0 Å². The van der Waals surface area contributed by atoms with Crippen molar-refractivity contribution in [2.75, 3.05) is 0 Å². The predicted molar refractivity (Wildman–Crippen MR) is 40.4 cm³/mol. The fraction of sp³-hybridized carbons (Fsp3) is 1.00. The second kappa shape index (κ2) is 5.73. The van der Waals surface area contributed by atoms with Gasteiger partial charge in [0.05, 0.1) is 0 Å². The minimum atomic E-state index is -5.15. The van der Waals surface area contributed by atoms with Gasteiger partial charge in [0.25, 0.3) is 0 Å². The molecule has 0 aromatic rings. The van der Waals surface area contributed by atoms with E-state index in [9.17, 15) is 26.3 Å². The van der Waals surface area contributed by atoms with Crippen molar-refractivity contribution in [1.29, 1.82) is 0 Å². The molecule has 77 valence electrons. The summed E-state index contributed by atoms with van der Waals surface area (Å²) < 4.78 is 70.2. The Bertz CT molecular complexity index is 127. The SMILES string of the molecule is FC(F)(F)C(C[CH2][Zn])C(F)(F)F.I. The van der Waals surface area contributed by atoms with E-state index in [-0.39, 0.29) is 29.0 Å². The Morgan fingerprint density at radius 1 is 0.923 bits per heavy atom. The summed E-state index contributed by atoms with van der Waals surface area (Å²) in [5.74, 6) is -3.14. The van der Waals surface area contributed by atoms with Crippen LogP contribution < -0.4 is 0 Å². The molecule has 8 heteroatoms. The molecule has 0 rings (SSSR count). The van der Waals surface area contributed by atoms with Gasteiger partial charge in [0, 0.05) is 0 Å². The molecule has 0 aliphatic heterocycles. The van der Waals surface area contributed by atoms with E-state index in [1.807, 2.05) is 0 Å². The van der Waals surface area contributed by atoms with Gasteiger partial charge in [0.15, 0.2) is 0 Å². The Morgan fingerprint density at radius 3 is 1.31 bits per heavy atom. The number of hydrogen-bond donors (Lipinski definition) is 0. The van der Waals surface area contributed by atoms with E-state index in [2.05, 4.69) is 0 Å². The number of hydrogen-bond acceptors (Lipinski definition) is 0. The minimum absolute atomic E-state index is 0. The van der Waals surface area contributed by atoms with Crippen molar-refractivity contribution in [3.63, 3.8) is 0 Å². The first-order chi connectivity index (χ1) is 5.19. The van der Waals surface area contributed by atoms with Gasteiger partial charge in [0.1, 0.15) is 0 Å². The Hall–Kier alpha value is 0.933. The Kier molecular flexibility index (Phi) is 7.21. The molecule has 0 radical (unpaired) electrons. The molecule has 0 bridgehead atoms. The standard InChI is InChI=1S/C5H5F6.HI.Zn/c1-2-3(4(6,7)8)5(9,10)11;;/h3H,1-2H2;1H;. The predicted octanol–water partition coefficient (Wildman–Crippen LogP) is 3.70. The van der Waals surface area contributed by atoms with Crippen LogP contribution in [0.25, 0.3) is 0 Å². The van der Waals surface area contributed by atoms with Gasteiger partial charge in [-0.05, 0) is 0 Å². The van der Waals surface area contributed by atoms with Gasteiger partial charge in [-0.15, -0.1) is 24.0 Å². The van der Waals surface area contributed by atoms with E-state index >= 15 is 0 Å². The summed E-state index contributed by atoms with van der Waals surface area (Å²) in [6.07, 6.45) is -11.1. The van der Waals surface area contributed by atoms with Crippen LogP contribution in [0.1, 0.15) is 6.42 Å². The van der Waals surface area contributed by atoms with Crippen molar-refractivity contribution in [2.24, 2.45) is 5.92 Å². The van der Waals surface area contributed by atoms with Crippen LogP contribution in [0.2, 0.25) is 5.02 Å². The molecule has 13 heavy (non-hydrogen) atoms. The maximum atomic E-state index is 11.7. The summed E-state index contributed by atoms with van der Waals surface area (Å²) in [5, 5.41) is -0.0102. The Labute approximate surface area is 98.1 Å². The second-order valence-electron chi connectivity index (χ2n) is 2.28. The summed E-state index contributed by atoms with van der Waals surface area (Å²) in [6.45, 7) is 0. The average molecular weight is 372 g/mol. The van der Waals surface area contributed by atoms with Crippen LogP contribution in [-0.4, -0.2) is 12.4 Å². The zero-order valence-electron chi connectivity index (χ0n) is 6.37. The number of halogens is 7. The maximum absolute atomic E-state index is 11.7. The smallest absolute Gasteiger partial charge is 0.107 e. The monoisotopic (exact) mass is 371 g/mol. The third-order valence-corrected chi connectivity index (χ3v) is 2.14. The summed E-state index contributed by atoms with van der Waals surface area (Å²) >= 11 is 0.447. The Balaban J connectivity index is 0. The van der Waals surface area contributed by atoms with E-state index in [4.69, 9.17) is 0 Å². The first kappa shape index (κ1) is 16.4. The quantitative estimate of drug-likeness (QED) is 0.394. The van der Waals surface area contributed by atoms with Gasteiger partial charge in [-0.1, -0.05) is 0 Å². The molecule has 0 atom stereocenters. The summed E-state index contributed by atoms with van der Waals surface area (Å²) in [6, 6.07) is 0. The third-order valence-electron chi connectivity index (χ3n) is 1.28. The van der Waals surface area contributed by atoms with Gasteiger partial charge in [-0.3, -0.25) is 0 Å². The van der Waals surface area contributed by atoms with Gasteiger partial charge in [0.2, 0.25) is 0 Å². The van der Waals surface area contributed by atoms with Crippen LogP contribution in [-0.2, 0) is 18.3 Å². The average Bonchev–Trinajstić information content (AvgIpc) is 1.77. The van der Waals surface area contributed by atoms with E-state index in [0.717, 1.165) is 0 Å². The van der Waals surface area contributed by atoms with Gasteiger partial charge in [-0.25, -0.2) is 0 Å². The Morgan fingerprint density at radius 2 is 1.23 bits per heavy atom. The van der Waals surface area contributed by atoms with Crippen molar-refractivity contribution in [2.45, 2.75) is 23.8 Å². The molecule has 0 fully saturated rings. The van der Waals surface area contributed by atoms with Crippen molar-refractivity contribution in [3.05, 3.63) is 0 Å². The first-order valence-corrected chi connectivity index (χ1v) is 5.22. The largest absolute Gasteiger partial charge is 0.107 e. The van der Waals surface area contributed by atoms with Crippen molar-refractivity contribution >= 4 is 24.0 Å². The van der Waals surface area contributed by atoms with Crippen LogP contribution in [0.3, 0.4) is 0 Å². The van der Waals surface area contributed by atoms with E-state index < -0.39 is 24.7 Å². The normalized spacial score (nSPS) is 13.0. The number of rotatable bonds is 2. The minimum Gasteiger partial charge on any atom is -0.107 e. The molecule has 0 spiro atoms. The fourth-order valence-electron chi connectivity index (χ4n) is 0.717. The second-order valence-corrected chi connectivity index (χ2v) is 3.76. The van der Waals surface area contributed by atoms with E-state index in [1.54, 1.807) is 0 Å². The zero-order valence-corrected chi connectivity index (χ0v) is 11.7. The summed E-state index contributed by atoms with van der Waals surface area (Å²) in [7, 11) is 0. The molecule has 0 nitrogen and oxygen atoms in total. The van der Waals surface area contributed by atoms with Gasteiger partial charge in [-0.2, -0.15) is 0 Å². The van der Waals surface area contributed by atoms with E-state index in [1.165, 1.54) is 0 Å². The molecular weight excluding hydrogens is 366 g/mol. The molecule has 0 N–H and O–H groups in total. The van der Waals surface area contributed by atoms with Crippen LogP contribution in [0, 0.1) is 5.92 Å². The molecule has 0 saturated carbocycles. The molecular formula is C5H6F6IZn. The molecule has 0 heterocycles. The fourth-order valence-corrected chi connectivity index (χ4v) is 1.57. The molecule has 0 unspecified atom stereocenters. The van der Waals surface area contributed by atoms with Gasteiger partial charge < -0.3 is 0 Å². The molecule has 0 aromatic heterocycles. The van der Waals surface area contributed by atoms with Crippen LogP contribution >= 0.6 is 24.0 Å². The van der Waals surface area contributed by atoms with Gasteiger partial charge >= 0.3 is 74.4 Å². The molecule has 0 amide bonds. The third kappa shape index (κ3) is 6.09. The summed E-state index contributed by atoms with van der Waals surface area (Å²) in [5.41, 5.74) is 0. The maximum Gasteiger partial charge on any atom is -0.107 e. The molecule has 0 saturated heterocycles. The summed E-state index contributed by atoms with van der Waals surface area (Å²) in [4.78, 5) is 0.